The fourth-order valence-corrected chi connectivity index (χ4v) is 4.02. The molecular formula is C31H54O3. The predicted molar refractivity (Wildman–Crippen MR) is 146 cm³/mol. The van der Waals surface area contributed by atoms with Gasteiger partial charge in [0.2, 0.25) is 0 Å². The van der Waals surface area contributed by atoms with Crippen LogP contribution in [0.3, 0.4) is 0 Å². The van der Waals surface area contributed by atoms with E-state index in [1.807, 2.05) is 39.0 Å². The van der Waals surface area contributed by atoms with E-state index in [0.717, 1.165) is 24.3 Å². The van der Waals surface area contributed by atoms with E-state index in [2.05, 4.69) is 27.7 Å². The van der Waals surface area contributed by atoms with Crippen molar-refractivity contribution in [3.63, 3.8) is 0 Å². The van der Waals surface area contributed by atoms with Crippen molar-refractivity contribution in [1.82, 2.24) is 0 Å². The highest BCUT2D eigenvalue weighted by Gasteiger charge is 2.25. The van der Waals surface area contributed by atoms with Crippen LogP contribution >= 0.6 is 0 Å². The molecule has 0 spiro atoms. The summed E-state index contributed by atoms with van der Waals surface area (Å²) in [5.74, 6) is 1.27. The van der Waals surface area contributed by atoms with Gasteiger partial charge in [0.1, 0.15) is 11.5 Å². The average molecular weight is 475 g/mol. The van der Waals surface area contributed by atoms with E-state index in [1.165, 1.54) is 83.5 Å². The van der Waals surface area contributed by atoms with E-state index in [4.69, 9.17) is 9.47 Å². The summed E-state index contributed by atoms with van der Waals surface area (Å²) in [5.41, 5.74) is 0.469. The Hall–Kier alpha value is -1.51. The number of hydrogen-bond acceptors (Lipinski definition) is 3. The summed E-state index contributed by atoms with van der Waals surface area (Å²) in [4.78, 5) is 12.3. The summed E-state index contributed by atoms with van der Waals surface area (Å²) in [6.45, 7) is 15.1. The maximum absolute atomic E-state index is 12.3. The highest BCUT2D eigenvalue weighted by molar-refractivity contribution is 5.78. The molecule has 0 radical (unpaired) electrons. The van der Waals surface area contributed by atoms with Gasteiger partial charge in [-0.2, -0.15) is 0 Å². The van der Waals surface area contributed by atoms with Gasteiger partial charge in [0.05, 0.1) is 12.0 Å². The molecule has 0 aliphatic rings. The Labute approximate surface area is 211 Å². The molecule has 3 nitrogen and oxygen atoms in total. The second-order valence-corrected chi connectivity index (χ2v) is 12.0. The predicted octanol–water partition coefficient (Wildman–Crippen LogP) is 9.80. The Bertz CT molecular complexity index is 679. The van der Waals surface area contributed by atoms with E-state index in [0.29, 0.717) is 5.75 Å². The lowest BCUT2D eigenvalue weighted by atomic mass is 9.86. The number of carbonyl (C=O) groups is 1. The fraction of sp³-hybridized carbons (Fsp3) is 0.774. The van der Waals surface area contributed by atoms with Crippen molar-refractivity contribution in [1.29, 1.82) is 0 Å². The van der Waals surface area contributed by atoms with Gasteiger partial charge in [0.25, 0.3) is 0 Å². The number of ether oxygens (including phenoxy) is 2. The number of rotatable bonds is 17. The third-order valence-corrected chi connectivity index (χ3v) is 6.34. The van der Waals surface area contributed by atoms with Crippen LogP contribution in [0.1, 0.15) is 144 Å². The molecule has 34 heavy (non-hydrogen) atoms. The molecule has 0 N–H and O–H groups in total. The zero-order chi connectivity index (χ0) is 25.5. The Morgan fingerprint density at radius 1 is 0.706 bits per heavy atom. The molecule has 0 bridgehead atoms. The van der Waals surface area contributed by atoms with Crippen molar-refractivity contribution in [2.45, 2.75) is 144 Å². The molecular weight excluding hydrogens is 420 g/mol. The Morgan fingerprint density at radius 2 is 1.18 bits per heavy atom. The molecule has 1 aromatic carbocycles. The number of hydrogen-bond donors (Lipinski definition) is 0. The monoisotopic (exact) mass is 474 g/mol. The van der Waals surface area contributed by atoms with Crippen molar-refractivity contribution in [3.05, 3.63) is 23.8 Å². The third kappa shape index (κ3) is 13.4. The first-order valence-electron chi connectivity index (χ1n) is 14.1. The van der Waals surface area contributed by atoms with Crippen LogP contribution in [0.5, 0.6) is 11.5 Å². The largest absolute Gasteiger partial charge is 0.493 e. The third-order valence-electron chi connectivity index (χ3n) is 6.34. The van der Waals surface area contributed by atoms with Crippen LogP contribution in [-0.4, -0.2) is 12.6 Å². The van der Waals surface area contributed by atoms with E-state index >= 15 is 0 Å². The van der Waals surface area contributed by atoms with Crippen LogP contribution in [0.4, 0.5) is 0 Å². The lowest BCUT2D eigenvalue weighted by Crippen LogP contribution is -2.25. The van der Waals surface area contributed by atoms with Crippen LogP contribution in [0, 0.1) is 5.41 Å². The molecule has 0 aliphatic heterocycles. The SMILES string of the molecule is CCCCCCCCCCCCCCCCOc1ccc(OC(=O)C(C)(C)C)cc1C(C)(C)C. The van der Waals surface area contributed by atoms with Crippen molar-refractivity contribution in [2.24, 2.45) is 5.41 Å². The minimum atomic E-state index is -0.523. The lowest BCUT2D eigenvalue weighted by Gasteiger charge is -2.24. The maximum Gasteiger partial charge on any atom is 0.316 e. The zero-order valence-corrected chi connectivity index (χ0v) is 23.6. The van der Waals surface area contributed by atoms with Crippen LogP contribution in [0.25, 0.3) is 0 Å². The second-order valence-electron chi connectivity index (χ2n) is 12.0. The summed E-state index contributed by atoms with van der Waals surface area (Å²) in [5, 5.41) is 0. The zero-order valence-electron chi connectivity index (χ0n) is 23.6. The van der Waals surface area contributed by atoms with Gasteiger partial charge in [-0.25, -0.2) is 0 Å². The number of benzene rings is 1. The highest BCUT2D eigenvalue weighted by Crippen LogP contribution is 2.35. The Balaban J connectivity index is 2.25. The van der Waals surface area contributed by atoms with Crippen LogP contribution in [-0.2, 0) is 10.2 Å². The number of esters is 1. The summed E-state index contributed by atoms with van der Waals surface area (Å²) in [7, 11) is 0. The van der Waals surface area contributed by atoms with Gasteiger partial charge in [-0.15, -0.1) is 0 Å². The molecule has 196 valence electrons. The molecule has 0 heterocycles. The fourth-order valence-electron chi connectivity index (χ4n) is 4.02. The highest BCUT2D eigenvalue weighted by atomic mass is 16.5. The second kappa shape index (κ2) is 16.2. The quantitative estimate of drug-likeness (QED) is 0.128. The van der Waals surface area contributed by atoms with E-state index in [-0.39, 0.29) is 11.4 Å². The van der Waals surface area contributed by atoms with Gasteiger partial charge in [0.15, 0.2) is 0 Å². The normalized spacial score (nSPS) is 12.1. The van der Waals surface area contributed by atoms with Gasteiger partial charge in [0, 0.05) is 5.56 Å². The van der Waals surface area contributed by atoms with Gasteiger partial charge in [-0.1, -0.05) is 111 Å². The summed E-state index contributed by atoms with van der Waals surface area (Å²) >= 11 is 0. The van der Waals surface area contributed by atoms with E-state index in [1.54, 1.807) is 0 Å². The summed E-state index contributed by atoms with van der Waals surface area (Å²) in [6.07, 6.45) is 19.0. The van der Waals surface area contributed by atoms with Gasteiger partial charge in [-0.05, 0) is 50.8 Å². The van der Waals surface area contributed by atoms with Crippen LogP contribution < -0.4 is 9.47 Å². The minimum Gasteiger partial charge on any atom is -0.493 e. The Morgan fingerprint density at radius 3 is 1.62 bits per heavy atom. The van der Waals surface area contributed by atoms with Gasteiger partial charge < -0.3 is 9.47 Å². The molecule has 0 saturated carbocycles. The minimum absolute atomic E-state index is 0.0883. The van der Waals surface area contributed by atoms with Crippen LogP contribution in [0.15, 0.2) is 18.2 Å². The van der Waals surface area contributed by atoms with E-state index < -0.39 is 5.41 Å². The molecule has 0 aromatic heterocycles. The van der Waals surface area contributed by atoms with Crippen molar-refractivity contribution < 1.29 is 14.3 Å². The molecule has 0 aliphatic carbocycles. The number of unbranched alkanes of at least 4 members (excludes halogenated alkanes) is 13. The number of carbonyl (C=O) groups excluding carboxylic acids is 1. The van der Waals surface area contributed by atoms with Crippen molar-refractivity contribution in [3.8, 4) is 11.5 Å². The van der Waals surface area contributed by atoms with Crippen molar-refractivity contribution in [2.75, 3.05) is 6.61 Å². The molecule has 0 unspecified atom stereocenters. The van der Waals surface area contributed by atoms with Crippen LogP contribution in [0.2, 0.25) is 0 Å². The first kappa shape index (κ1) is 30.5. The molecule has 0 amide bonds. The molecule has 0 saturated heterocycles. The topological polar surface area (TPSA) is 35.5 Å². The smallest absolute Gasteiger partial charge is 0.316 e. The average Bonchev–Trinajstić information content (AvgIpc) is 2.75. The standard InChI is InChI=1S/C31H54O3/c1-8-9-10-11-12-13-14-15-16-17-18-19-20-21-24-33-28-23-22-26(25-27(28)30(2,3)4)34-29(32)31(5,6)7/h22-23,25H,8-21,24H2,1-7H3. The van der Waals surface area contributed by atoms with Gasteiger partial charge >= 0.3 is 5.97 Å². The first-order valence-corrected chi connectivity index (χ1v) is 14.1. The molecule has 0 fully saturated rings. The maximum atomic E-state index is 12.3. The molecule has 1 rings (SSSR count). The Kier molecular flexibility index (Phi) is 14.6. The van der Waals surface area contributed by atoms with E-state index in [9.17, 15) is 4.79 Å². The van der Waals surface area contributed by atoms with Gasteiger partial charge in [-0.3, -0.25) is 4.79 Å². The van der Waals surface area contributed by atoms with Crippen molar-refractivity contribution >= 4 is 5.97 Å². The molecule has 1 aromatic rings. The molecule has 0 atom stereocenters. The first-order chi connectivity index (χ1) is 16.1. The lowest BCUT2D eigenvalue weighted by molar-refractivity contribution is -0.143. The molecule has 3 heteroatoms. The summed E-state index contributed by atoms with van der Waals surface area (Å²) < 4.78 is 11.8. The summed E-state index contributed by atoms with van der Waals surface area (Å²) in [6, 6.07) is 5.76.